The molecule has 4 aliphatic rings. The van der Waals surface area contributed by atoms with Crippen LogP contribution in [0.15, 0.2) is 79.0 Å². The predicted octanol–water partition coefficient (Wildman–Crippen LogP) is 6.95. The van der Waals surface area contributed by atoms with Crippen molar-refractivity contribution in [3.05, 3.63) is 113 Å². The lowest BCUT2D eigenvalue weighted by molar-refractivity contribution is -0.163. The molecule has 1 saturated carbocycles. The van der Waals surface area contributed by atoms with Crippen molar-refractivity contribution in [2.45, 2.75) is 114 Å². The summed E-state index contributed by atoms with van der Waals surface area (Å²) < 4.78 is 59.5. The Hall–Kier alpha value is -8.61. The summed E-state index contributed by atoms with van der Waals surface area (Å²) in [6, 6.07) is 19.4. The van der Waals surface area contributed by atoms with Gasteiger partial charge in [0.25, 0.3) is 11.8 Å². The molecular formula is C64H77N7O17. The molecule has 4 heterocycles. The van der Waals surface area contributed by atoms with Gasteiger partial charge in [-0.25, -0.2) is 9.48 Å². The van der Waals surface area contributed by atoms with Gasteiger partial charge in [-0.3, -0.25) is 39.0 Å². The summed E-state index contributed by atoms with van der Waals surface area (Å²) >= 11 is 0. The Morgan fingerprint density at radius 1 is 0.705 bits per heavy atom. The smallest absolute Gasteiger partial charge is 0.329 e. The third kappa shape index (κ3) is 15.6. The Morgan fingerprint density at radius 3 is 2.15 bits per heavy atom. The summed E-state index contributed by atoms with van der Waals surface area (Å²) in [5.41, 5.74) is 3.11. The molecule has 24 heteroatoms. The van der Waals surface area contributed by atoms with Crippen LogP contribution in [0, 0.1) is 5.92 Å². The molecule has 9 rings (SSSR count). The number of aromatic nitrogens is 3. The van der Waals surface area contributed by atoms with Crippen molar-refractivity contribution in [1.82, 2.24) is 30.1 Å². The number of piperidine rings is 2. The number of hydrogen-bond donors (Lipinski definition) is 2. The number of anilines is 1. The van der Waals surface area contributed by atoms with Gasteiger partial charge in [-0.05, 0) is 123 Å². The molecule has 88 heavy (non-hydrogen) atoms. The number of hydrogen-bond acceptors (Lipinski definition) is 19. The molecule has 4 aromatic carbocycles. The average Bonchev–Trinajstić information content (AvgIpc) is 1.78. The van der Waals surface area contributed by atoms with E-state index < -0.39 is 59.6 Å². The topological polar surface area (TPSA) is 273 Å². The van der Waals surface area contributed by atoms with E-state index >= 15 is 4.79 Å². The number of amides is 6. The number of nitrogens with zero attached hydrogens (tertiary/aromatic N) is 5. The maximum absolute atomic E-state index is 15.2. The highest BCUT2D eigenvalue weighted by Crippen LogP contribution is 2.45. The largest absolute Gasteiger partial charge is 0.493 e. The van der Waals surface area contributed by atoms with Gasteiger partial charge in [-0.2, -0.15) is 0 Å². The van der Waals surface area contributed by atoms with Gasteiger partial charge in [-0.1, -0.05) is 48.7 Å². The van der Waals surface area contributed by atoms with E-state index in [1.54, 1.807) is 51.3 Å². The maximum Gasteiger partial charge on any atom is 0.329 e. The normalized spacial score (nSPS) is 17.6. The predicted molar refractivity (Wildman–Crippen MR) is 316 cm³/mol. The fourth-order valence-corrected chi connectivity index (χ4v) is 11.9. The van der Waals surface area contributed by atoms with Crippen molar-refractivity contribution in [2.24, 2.45) is 5.92 Å². The number of carbonyl (C=O) groups excluding carboxylic acids is 7. The highest BCUT2D eigenvalue weighted by atomic mass is 16.6. The molecule has 0 spiro atoms. The molecule has 3 unspecified atom stereocenters. The van der Waals surface area contributed by atoms with Crippen molar-refractivity contribution in [3.63, 3.8) is 0 Å². The number of methoxy groups -OCH3 is 5. The van der Waals surface area contributed by atoms with Gasteiger partial charge in [-0.15, -0.1) is 5.10 Å². The van der Waals surface area contributed by atoms with Gasteiger partial charge in [0.2, 0.25) is 29.4 Å². The second-order valence-corrected chi connectivity index (χ2v) is 21.9. The van der Waals surface area contributed by atoms with Gasteiger partial charge < -0.3 is 57.6 Å². The zero-order valence-electron chi connectivity index (χ0n) is 50.4. The first kappa shape index (κ1) is 63.9. The average molecular weight is 1220 g/mol. The molecule has 1 aliphatic carbocycles. The van der Waals surface area contributed by atoms with Crippen molar-refractivity contribution < 1.29 is 80.9 Å². The van der Waals surface area contributed by atoms with E-state index in [4.69, 9.17) is 47.4 Å². The second kappa shape index (κ2) is 30.8. The fourth-order valence-electron chi connectivity index (χ4n) is 11.9. The summed E-state index contributed by atoms with van der Waals surface area (Å²) in [7, 11) is 7.85. The molecule has 24 nitrogen and oxygen atoms in total. The van der Waals surface area contributed by atoms with Crippen molar-refractivity contribution in [1.29, 1.82) is 0 Å². The lowest BCUT2D eigenvalue weighted by Crippen LogP contribution is -2.54. The molecule has 470 valence electrons. The molecule has 0 radical (unpaired) electrons. The van der Waals surface area contributed by atoms with Gasteiger partial charge >= 0.3 is 5.97 Å². The van der Waals surface area contributed by atoms with Crippen LogP contribution in [-0.2, 0) is 62.5 Å². The molecule has 4 atom stereocenters. The number of aryl methyl sites for hydroxylation is 1. The Balaban J connectivity index is 0.753. The molecule has 6 amide bonds. The van der Waals surface area contributed by atoms with Crippen molar-refractivity contribution in [3.8, 4) is 34.5 Å². The number of carbonyl (C=O) groups is 7. The molecule has 1 aromatic heterocycles. The Morgan fingerprint density at radius 2 is 1.42 bits per heavy atom. The van der Waals surface area contributed by atoms with Crippen LogP contribution in [0.2, 0.25) is 0 Å². The summed E-state index contributed by atoms with van der Waals surface area (Å²) in [6.07, 6.45) is 8.84. The zero-order chi connectivity index (χ0) is 62.1. The monoisotopic (exact) mass is 1220 g/mol. The quantitative estimate of drug-likeness (QED) is 0.0267. The van der Waals surface area contributed by atoms with Crippen LogP contribution < -0.4 is 39.1 Å². The number of benzene rings is 4. The first-order valence-corrected chi connectivity index (χ1v) is 29.8. The van der Waals surface area contributed by atoms with E-state index in [0.29, 0.717) is 84.7 Å². The molecule has 3 aliphatic heterocycles. The Kier molecular flexibility index (Phi) is 22.4. The first-order chi connectivity index (χ1) is 42.8. The number of likely N-dealkylation sites (tertiary alicyclic amines) is 1. The number of esters is 1. The van der Waals surface area contributed by atoms with E-state index in [-0.39, 0.29) is 81.1 Å². The van der Waals surface area contributed by atoms with E-state index in [0.717, 1.165) is 61.0 Å². The highest BCUT2D eigenvalue weighted by molar-refractivity contribution is 6.26. The Labute approximate surface area is 510 Å². The standard InChI is InChI=1S/C64H77N7O17/c1-79-51-24-21-40(33-52(51)80-2)20-23-50(88-64(78)49-19-9-10-26-70(49)62(76)57(41-13-7-6-8-14-41)43-35-53(81-3)59(83-5)54(36-43)82-4)42-15-11-16-45(34-42)87-38-44-37-69(68-67-44)27-28-84-29-30-85-31-32-86-39-56(73)65-47-18-12-17-46-58(47)63(77)71(61(46)75)48-22-25-55(72)66-60(48)74/h11-12,15-18,21,24,33-37,41,48-50,57H,6-10,13-14,19-20,22-23,25-32,38-39H2,1-5H3,(H,65,73)(H,66,72,74)/t48?,49-,50?,57?/m0/s1. The first-order valence-electron chi connectivity index (χ1n) is 29.8. The minimum atomic E-state index is -1.13. The summed E-state index contributed by atoms with van der Waals surface area (Å²) in [4.78, 5) is 96.0. The van der Waals surface area contributed by atoms with Crippen LogP contribution in [0.25, 0.3) is 0 Å². The number of nitrogens with one attached hydrogen (secondary N) is 2. The fraction of sp³-hybridized carbons (Fsp3) is 0.484. The molecule has 3 fully saturated rings. The van der Waals surface area contributed by atoms with Crippen LogP contribution in [0.5, 0.6) is 34.5 Å². The molecular weight excluding hydrogens is 1140 g/mol. The molecule has 0 bridgehead atoms. The molecule has 2 saturated heterocycles. The summed E-state index contributed by atoms with van der Waals surface area (Å²) in [6.45, 7) is 1.70. The van der Waals surface area contributed by atoms with Crippen LogP contribution in [0.1, 0.15) is 126 Å². The number of rotatable bonds is 30. The van der Waals surface area contributed by atoms with Gasteiger partial charge in [0.15, 0.2) is 23.0 Å². The SMILES string of the molecule is COc1ccc(CCC(OC(=O)[C@@H]2CCCCN2C(=O)C(c2cc(OC)c(OC)c(OC)c2)C2CCCCC2)c2cccc(OCc3cn(CCOCCOCCOCC(=O)Nc4cccc5c4C(=O)N(C4CCC(=O)NC4=O)C5=O)nn3)c2)cc1OC. The maximum atomic E-state index is 15.2. The van der Waals surface area contributed by atoms with Crippen LogP contribution >= 0.6 is 0 Å². The number of ether oxygens (including phenoxy) is 10. The van der Waals surface area contributed by atoms with E-state index in [1.165, 1.54) is 18.2 Å². The number of imide groups is 2. The second-order valence-electron chi connectivity index (χ2n) is 21.9. The van der Waals surface area contributed by atoms with E-state index in [1.807, 2.05) is 54.6 Å². The Bertz CT molecular complexity index is 3270. The van der Waals surface area contributed by atoms with Gasteiger partial charge in [0.05, 0.1) is 104 Å². The highest BCUT2D eigenvalue weighted by Gasteiger charge is 2.46. The lowest BCUT2D eigenvalue weighted by atomic mass is 9.75. The van der Waals surface area contributed by atoms with Crippen LogP contribution in [0.4, 0.5) is 5.69 Å². The van der Waals surface area contributed by atoms with Gasteiger partial charge in [0, 0.05) is 13.0 Å². The molecule has 5 aromatic rings. The lowest BCUT2D eigenvalue weighted by Gasteiger charge is -2.40. The van der Waals surface area contributed by atoms with Gasteiger partial charge in [0.1, 0.15) is 42.8 Å². The van der Waals surface area contributed by atoms with Crippen LogP contribution in [-0.4, -0.2) is 160 Å². The van der Waals surface area contributed by atoms with Crippen molar-refractivity contribution in [2.75, 3.05) is 87.1 Å². The zero-order valence-corrected chi connectivity index (χ0v) is 50.4. The van der Waals surface area contributed by atoms with Crippen molar-refractivity contribution >= 4 is 47.1 Å². The molecule has 2 N–H and O–H groups in total. The van der Waals surface area contributed by atoms with E-state index in [2.05, 4.69) is 20.9 Å². The third-order valence-electron chi connectivity index (χ3n) is 16.3. The number of fused-ring (bicyclic) bond motifs is 1. The summed E-state index contributed by atoms with van der Waals surface area (Å²) in [5.74, 6) is -1.18. The minimum Gasteiger partial charge on any atom is -0.493 e. The van der Waals surface area contributed by atoms with E-state index in [9.17, 15) is 28.8 Å². The minimum absolute atomic E-state index is 0.0109. The van der Waals surface area contributed by atoms with Crippen LogP contribution in [0.3, 0.4) is 0 Å². The summed E-state index contributed by atoms with van der Waals surface area (Å²) in [5, 5.41) is 13.3. The third-order valence-corrected chi connectivity index (χ3v) is 16.3.